The van der Waals surface area contributed by atoms with Gasteiger partial charge in [-0.25, -0.2) is 4.98 Å². The van der Waals surface area contributed by atoms with Crippen LogP contribution in [0.2, 0.25) is 5.02 Å². The summed E-state index contributed by atoms with van der Waals surface area (Å²) < 4.78 is 1.83. The van der Waals surface area contributed by atoms with Gasteiger partial charge >= 0.3 is 0 Å². The van der Waals surface area contributed by atoms with E-state index in [0.717, 1.165) is 30.2 Å². The van der Waals surface area contributed by atoms with Gasteiger partial charge in [0.15, 0.2) is 10.8 Å². The summed E-state index contributed by atoms with van der Waals surface area (Å²) in [6.07, 6.45) is 3.75. The lowest BCUT2D eigenvalue weighted by Crippen LogP contribution is -2.34. The molecule has 4 rings (SSSR count). The standard InChI is InChI=1S/C20H22ClN5O2S/c1-13-3-2-8-25(10-13)20-24-18-17(29-20)19(28)26(12-23-18)11-16(27)22-9-14-4-6-15(21)7-5-14/h4-7,12-13H,2-3,8-11H2,1H3,(H,22,27)/t13-/m0/s1. The second kappa shape index (κ2) is 8.51. The Kier molecular flexibility index (Phi) is 5.82. The summed E-state index contributed by atoms with van der Waals surface area (Å²) in [5.41, 5.74) is 1.16. The third kappa shape index (κ3) is 4.59. The fourth-order valence-corrected chi connectivity index (χ4v) is 4.59. The Morgan fingerprint density at radius 2 is 2.14 bits per heavy atom. The van der Waals surface area contributed by atoms with Crippen molar-refractivity contribution in [1.29, 1.82) is 0 Å². The number of rotatable bonds is 5. The smallest absolute Gasteiger partial charge is 0.273 e. The van der Waals surface area contributed by atoms with Crippen molar-refractivity contribution in [3.05, 3.63) is 51.5 Å². The zero-order chi connectivity index (χ0) is 20.4. The molecule has 0 aliphatic carbocycles. The van der Waals surface area contributed by atoms with Crippen LogP contribution in [0.15, 0.2) is 35.4 Å². The van der Waals surface area contributed by atoms with Crippen LogP contribution in [0.4, 0.5) is 5.13 Å². The SMILES string of the molecule is C[C@H]1CCCN(c2nc3ncn(CC(=O)NCc4ccc(Cl)cc4)c(=O)c3s2)C1. The van der Waals surface area contributed by atoms with Gasteiger partial charge in [-0.1, -0.05) is 42.0 Å². The van der Waals surface area contributed by atoms with Gasteiger partial charge in [-0.3, -0.25) is 14.2 Å². The highest BCUT2D eigenvalue weighted by molar-refractivity contribution is 7.22. The molecule has 3 aromatic rings. The van der Waals surface area contributed by atoms with E-state index in [1.165, 1.54) is 28.7 Å². The number of piperidine rings is 1. The van der Waals surface area contributed by atoms with Gasteiger partial charge in [0.1, 0.15) is 17.6 Å². The summed E-state index contributed by atoms with van der Waals surface area (Å²) in [4.78, 5) is 36.2. The quantitative estimate of drug-likeness (QED) is 0.671. The fraction of sp³-hybridized carbons (Fsp3) is 0.400. The molecule has 3 heterocycles. The van der Waals surface area contributed by atoms with Crippen LogP contribution in [0.1, 0.15) is 25.3 Å². The van der Waals surface area contributed by atoms with Crippen molar-refractivity contribution in [2.45, 2.75) is 32.9 Å². The molecular weight excluding hydrogens is 410 g/mol. The van der Waals surface area contributed by atoms with Crippen molar-refractivity contribution < 1.29 is 4.79 Å². The molecule has 1 amide bonds. The van der Waals surface area contributed by atoms with Crippen molar-refractivity contribution in [2.24, 2.45) is 5.92 Å². The molecule has 9 heteroatoms. The van der Waals surface area contributed by atoms with E-state index in [0.29, 0.717) is 27.8 Å². The molecule has 1 aromatic carbocycles. The number of aromatic nitrogens is 3. The third-order valence-electron chi connectivity index (χ3n) is 5.02. The molecule has 0 spiro atoms. The van der Waals surface area contributed by atoms with Gasteiger partial charge in [0.05, 0.1) is 0 Å². The van der Waals surface area contributed by atoms with E-state index >= 15 is 0 Å². The molecule has 0 bridgehead atoms. The zero-order valence-electron chi connectivity index (χ0n) is 16.1. The lowest BCUT2D eigenvalue weighted by Gasteiger charge is -2.30. The minimum atomic E-state index is -0.252. The molecule has 0 radical (unpaired) electrons. The summed E-state index contributed by atoms with van der Waals surface area (Å²) in [7, 11) is 0. The van der Waals surface area contributed by atoms with Gasteiger partial charge < -0.3 is 10.2 Å². The van der Waals surface area contributed by atoms with Crippen LogP contribution in [-0.4, -0.2) is 33.5 Å². The predicted octanol–water partition coefficient (Wildman–Crippen LogP) is 3.06. The van der Waals surface area contributed by atoms with E-state index in [4.69, 9.17) is 11.6 Å². The number of nitrogens with one attached hydrogen (secondary N) is 1. The molecule has 1 aliphatic rings. The normalized spacial score (nSPS) is 16.9. The van der Waals surface area contributed by atoms with Gasteiger partial charge in [0.2, 0.25) is 5.91 Å². The first-order valence-electron chi connectivity index (χ1n) is 9.61. The van der Waals surface area contributed by atoms with Crippen LogP contribution in [0, 0.1) is 5.92 Å². The van der Waals surface area contributed by atoms with Crippen LogP contribution in [-0.2, 0) is 17.9 Å². The molecule has 2 aromatic heterocycles. The van der Waals surface area contributed by atoms with Crippen LogP contribution < -0.4 is 15.8 Å². The van der Waals surface area contributed by atoms with E-state index < -0.39 is 0 Å². The maximum absolute atomic E-state index is 12.8. The van der Waals surface area contributed by atoms with E-state index in [1.54, 1.807) is 12.1 Å². The second-order valence-corrected chi connectivity index (χ2v) is 8.84. The second-order valence-electron chi connectivity index (χ2n) is 7.42. The molecule has 1 saturated heterocycles. The van der Waals surface area contributed by atoms with Crippen molar-refractivity contribution in [3.8, 4) is 0 Å². The van der Waals surface area contributed by atoms with Crippen molar-refractivity contribution in [3.63, 3.8) is 0 Å². The Balaban J connectivity index is 1.46. The summed E-state index contributed by atoms with van der Waals surface area (Å²) in [5.74, 6) is 0.363. The summed E-state index contributed by atoms with van der Waals surface area (Å²) >= 11 is 7.23. The molecule has 1 atom stereocenters. The van der Waals surface area contributed by atoms with E-state index in [1.807, 2.05) is 12.1 Å². The lowest BCUT2D eigenvalue weighted by molar-refractivity contribution is -0.121. The number of nitrogens with zero attached hydrogens (tertiary/aromatic N) is 4. The molecule has 1 aliphatic heterocycles. The Hall–Kier alpha value is -2.45. The number of halogens is 1. The van der Waals surface area contributed by atoms with Crippen LogP contribution >= 0.6 is 22.9 Å². The Morgan fingerprint density at radius 3 is 2.90 bits per heavy atom. The van der Waals surface area contributed by atoms with Crippen molar-refractivity contribution in [1.82, 2.24) is 19.9 Å². The highest BCUT2D eigenvalue weighted by Crippen LogP contribution is 2.29. The average molecular weight is 432 g/mol. The molecule has 29 heavy (non-hydrogen) atoms. The maximum Gasteiger partial charge on any atom is 0.273 e. The Labute approximate surface area is 177 Å². The largest absolute Gasteiger partial charge is 0.350 e. The van der Waals surface area contributed by atoms with E-state index in [2.05, 4.69) is 27.1 Å². The van der Waals surface area contributed by atoms with E-state index in [9.17, 15) is 9.59 Å². The minimum absolute atomic E-state index is 0.0800. The lowest BCUT2D eigenvalue weighted by atomic mass is 10.0. The van der Waals surface area contributed by atoms with Crippen LogP contribution in [0.25, 0.3) is 10.3 Å². The first-order chi connectivity index (χ1) is 14.0. The van der Waals surface area contributed by atoms with Gasteiger partial charge in [-0.15, -0.1) is 0 Å². The highest BCUT2D eigenvalue weighted by Gasteiger charge is 2.21. The first kappa shape index (κ1) is 19.8. The van der Waals surface area contributed by atoms with Gasteiger partial charge in [-0.05, 0) is 36.5 Å². The number of carbonyl (C=O) groups excluding carboxylic acids is 1. The van der Waals surface area contributed by atoms with Gasteiger partial charge in [0, 0.05) is 24.7 Å². The fourth-order valence-electron chi connectivity index (χ4n) is 3.46. The zero-order valence-corrected chi connectivity index (χ0v) is 17.7. The Morgan fingerprint density at radius 1 is 1.34 bits per heavy atom. The number of anilines is 1. The number of benzene rings is 1. The number of thiazole rings is 1. The van der Waals surface area contributed by atoms with Crippen LogP contribution in [0.5, 0.6) is 0 Å². The van der Waals surface area contributed by atoms with Gasteiger partial charge in [0.25, 0.3) is 5.56 Å². The molecule has 0 unspecified atom stereocenters. The molecule has 0 saturated carbocycles. The number of amides is 1. The molecule has 7 nitrogen and oxygen atoms in total. The maximum atomic E-state index is 12.8. The Bertz CT molecular complexity index is 1080. The number of hydrogen-bond acceptors (Lipinski definition) is 6. The number of carbonyl (C=O) groups is 1. The molecule has 1 N–H and O–H groups in total. The average Bonchev–Trinajstić information content (AvgIpc) is 3.15. The van der Waals surface area contributed by atoms with Crippen molar-refractivity contribution >= 4 is 44.3 Å². The molecular formula is C20H22ClN5O2S. The molecule has 1 fully saturated rings. The van der Waals surface area contributed by atoms with Crippen LogP contribution in [0.3, 0.4) is 0 Å². The predicted molar refractivity (Wildman–Crippen MR) is 116 cm³/mol. The number of fused-ring (bicyclic) bond motifs is 1. The summed E-state index contributed by atoms with van der Waals surface area (Å²) in [6, 6.07) is 7.25. The first-order valence-corrected chi connectivity index (χ1v) is 10.8. The summed E-state index contributed by atoms with van der Waals surface area (Å²) in [6.45, 7) is 4.42. The highest BCUT2D eigenvalue weighted by atomic mass is 35.5. The monoisotopic (exact) mass is 431 g/mol. The summed E-state index contributed by atoms with van der Waals surface area (Å²) in [5, 5.41) is 4.30. The van der Waals surface area contributed by atoms with E-state index in [-0.39, 0.29) is 18.0 Å². The third-order valence-corrected chi connectivity index (χ3v) is 6.36. The van der Waals surface area contributed by atoms with Gasteiger partial charge in [-0.2, -0.15) is 4.98 Å². The molecule has 152 valence electrons. The topological polar surface area (TPSA) is 80.1 Å². The minimum Gasteiger partial charge on any atom is -0.350 e. The number of hydrogen-bond donors (Lipinski definition) is 1. The van der Waals surface area contributed by atoms with Crippen molar-refractivity contribution in [2.75, 3.05) is 18.0 Å².